The smallest absolute Gasteiger partial charge is 0.150 e. The summed E-state index contributed by atoms with van der Waals surface area (Å²) < 4.78 is 10.3. The number of aldehydes is 1. The van der Waals surface area contributed by atoms with Crippen molar-refractivity contribution in [3.63, 3.8) is 0 Å². The van der Waals surface area contributed by atoms with Crippen LogP contribution < -0.4 is 4.74 Å². The zero-order valence-electron chi connectivity index (χ0n) is 8.27. The maximum atomic E-state index is 10.8. The van der Waals surface area contributed by atoms with Gasteiger partial charge in [-0.1, -0.05) is 0 Å². The average Bonchev–Trinajstić information content (AvgIpc) is 2.81. The van der Waals surface area contributed by atoms with Crippen molar-refractivity contribution in [1.29, 1.82) is 0 Å². The number of benzene rings is 1. The van der Waals surface area contributed by atoms with Crippen LogP contribution in [0.5, 0.6) is 5.75 Å². The number of methoxy groups -OCH3 is 1. The molecule has 0 unspecified atom stereocenters. The van der Waals surface area contributed by atoms with Gasteiger partial charge in [0, 0.05) is 11.1 Å². The molecule has 76 valence electrons. The molecule has 3 heteroatoms. The van der Waals surface area contributed by atoms with E-state index in [1.165, 1.54) is 0 Å². The van der Waals surface area contributed by atoms with Crippen LogP contribution >= 0.6 is 0 Å². The van der Waals surface area contributed by atoms with Gasteiger partial charge in [-0.15, -0.1) is 0 Å². The molecule has 0 aliphatic carbocycles. The number of carbonyl (C=O) groups excluding carboxylic acids is 1. The van der Waals surface area contributed by atoms with E-state index in [0.29, 0.717) is 17.1 Å². The largest absolute Gasteiger partial charge is 0.497 e. The molecule has 0 radical (unpaired) electrons. The summed E-state index contributed by atoms with van der Waals surface area (Å²) in [5, 5.41) is 0. The maximum absolute atomic E-state index is 10.8. The van der Waals surface area contributed by atoms with Gasteiger partial charge < -0.3 is 9.15 Å². The number of rotatable bonds is 3. The van der Waals surface area contributed by atoms with Crippen molar-refractivity contribution in [1.82, 2.24) is 0 Å². The fraction of sp³-hybridized carbons (Fsp3) is 0.0833. The van der Waals surface area contributed by atoms with Crippen LogP contribution in [0.25, 0.3) is 11.3 Å². The molecule has 0 atom stereocenters. The predicted molar refractivity (Wildman–Crippen MR) is 56.1 cm³/mol. The SMILES string of the molecule is COc1ccc(C=O)c(-c2ccco2)c1. The number of furan rings is 1. The van der Waals surface area contributed by atoms with Crippen LogP contribution in [0.4, 0.5) is 0 Å². The number of hydrogen-bond acceptors (Lipinski definition) is 3. The third-order valence-corrected chi connectivity index (χ3v) is 2.17. The second kappa shape index (κ2) is 4.00. The Labute approximate surface area is 87.3 Å². The van der Waals surface area contributed by atoms with Crippen molar-refractivity contribution in [3.8, 4) is 17.1 Å². The highest BCUT2D eigenvalue weighted by Gasteiger charge is 2.08. The third kappa shape index (κ3) is 1.76. The van der Waals surface area contributed by atoms with Crippen LogP contribution in [0.15, 0.2) is 41.0 Å². The average molecular weight is 202 g/mol. The van der Waals surface area contributed by atoms with E-state index in [2.05, 4.69) is 0 Å². The van der Waals surface area contributed by atoms with E-state index in [4.69, 9.17) is 9.15 Å². The Hall–Kier alpha value is -2.03. The van der Waals surface area contributed by atoms with E-state index < -0.39 is 0 Å². The second-order valence-electron chi connectivity index (χ2n) is 3.05. The fourth-order valence-electron chi connectivity index (χ4n) is 1.41. The van der Waals surface area contributed by atoms with Crippen LogP contribution in [0.2, 0.25) is 0 Å². The van der Waals surface area contributed by atoms with Gasteiger partial charge in [0.1, 0.15) is 11.5 Å². The minimum absolute atomic E-state index is 0.589. The number of ether oxygens (including phenoxy) is 1. The monoisotopic (exact) mass is 202 g/mol. The highest BCUT2D eigenvalue weighted by Crippen LogP contribution is 2.27. The summed E-state index contributed by atoms with van der Waals surface area (Å²) in [6, 6.07) is 8.83. The standard InChI is InChI=1S/C12H10O3/c1-14-10-5-4-9(8-13)11(7-10)12-3-2-6-15-12/h2-8H,1H3. The van der Waals surface area contributed by atoms with Gasteiger partial charge in [-0.25, -0.2) is 0 Å². The molecule has 2 aromatic rings. The molecule has 0 fully saturated rings. The number of carbonyl (C=O) groups is 1. The van der Waals surface area contributed by atoms with Crippen molar-refractivity contribution < 1.29 is 13.9 Å². The van der Waals surface area contributed by atoms with Gasteiger partial charge in [-0.3, -0.25) is 4.79 Å². The molecule has 3 nitrogen and oxygen atoms in total. The quantitative estimate of drug-likeness (QED) is 0.718. The zero-order chi connectivity index (χ0) is 10.7. The molecule has 15 heavy (non-hydrogen) atoms. The molecule has 0 amide bonds. The summed E-state index contributed by atoms with van der Waals surface area (Å²) in [5.41, 5.74) is 1.33. The molecule has 1 aromatic carbocycles. The summed E-state index contributed by atoms with van der Waals surface area (Å²) in [4.78, 5) is 10.8. The first-order valence-electron chi connectivity index (χ1n) is 4.52. The molecule has 0 N–H and O–H groups in total. The zero-order valence-corrected chi connectivity index (χ0v) is 8.27. The van der Waals surface area contributed by atoms with Gasteiger partial charge >= 0.3 is 0 Å². The van der Waals surface area contributed by atoms with Gasteiger partial charge in [0.15, 0.2) is 6.29 Å². The summed E-state index contributed by atoms with van der Waals surface area (Å²) in [5.74, 6) is 1.36. The summed E-state index contributed by atoms with van der Waals surface area (Å²) >= 11 is 0. The van der Waals surface area contributed by atoms with Crippen LogP contribution in [-0.4, -0.2) is 13.4 Å². The first-order valence-corrected chi connectivity index (χ1v) is 4.52. The molecule has 0 saturated carbocycles. The molecule has 0 bridgehead atoms. The Kier molecular flexibility index (Phi) is 2.54. The van der Waals surface area contributed by atoms with Gasteiger partial charge in [0.2, 0.25) is 0 Å². The Morgan fingerprint density at radius 1 is 1.33 bits per heavy atom. The minimum atomic E-state index is 0.589. The molecule has 1 aromatic heterocycles. The highest BCUT2D eigenvalue weighted by molar-refractivity contribution is 5.86. The van der Waals surface area contributed by atoms with Gasteiger partial charge in [0.05, 0.1) is 13.4 Å². The van der Waals surface area contributed by atoms with Crippen molar-refractivity contribution in [2.75, 3.05) is 7.11 Å². The highest BCUT2D eigenvalue weighted by atomic mass is 16.5. The molecule has 0 saturated heterocycles. The van der Waals surface area contributed by atoms with E-state index in [9.17, 15) is 4.79 Å². The molecule has 2 rings (SSSR count). The molecule has 1 heterocycles. The lowest BCUT2D eigenvalue weighted by Crippen LogP contribution is -1.89. The van der Waals surface area contributed by atoms with Crippen molar-refractivity contribution >= 4 is 6.29 Å². The molecule has 0 aliphatic heterocycles. The normalized spacial score (nSPS) is 9.93. The van der Waals surface area contributed by atoms with E-state index in [0.717, 1.165) is 11.8 Å². The molecular formula is C12H10O3. The second-order valence-corrected chi connectivity index (χ2v) is 3.05. The van der Waals surface area contributed by atoms with Crippen LogP contribution in [-0.2, 0) is 0 Å². The topological polar surface area (TPSA) is 39.4 Å². The fourth-order valence-corrected chi connectivity index (χ4v) is 1.41. The van der Waals surface area contributed by atoms with Crippen LogP contribution in [0.3, 0.4) is 0 Å². The van der Waals surface area contributed by atoms with Gasteiger partial charge in [-0.05, 0) is 30.3 Å². The van der Waals surface area contributed by atoms with Crippen LogP contribution in [0, 0.1) is 0 Å². The Balaban J connectivity index is 2.56. The van der Waals surface area contributed by atoms with E-state index in [1.54, 1.807) is 37.6 Å². The first-order chi connectivity index (χ1) is 7.35. The first kappa shape index (κ1) is 9.52. The Bertz CT molecular complexity index is 458. The molecule has 0 aliphatic rings. The van der Waals surface area contributed by atoms with Crippen LogP contribution in [0.1, 0.15) is 10.4 Å². The summed E-state index contributed by atoms with van der Waals surface area (Å²) in [7, 11) is 1.59. The minimum Gasteiger partial charge on any atom is -0.497 e. The summed E-state index contributed by atoms with van der Waals surface area (Å²) in [6.45, 7) is 0. The van der Waals surface area contributed by atoms with E-state index in [-0.39, 0.29) is 0 Å². The van der Waals surface area contributed by atoms with Crippen molar-refractivity contribution in [2.45, 2.75) is 0 Å². The molecule has 0 spiro atoms. The Morgan fingerprint density at radius 2 is 2.20 bits per heavy atom. The third-order valence-electron chi connectivity index (χ3n) is 2.17. The van der Waals surface area contributed by atoms with Crippen molar-refractivity contribution in [2.24, 2.45) is 0 Å². The van der Waals surface area contributed by atoms with Gasteiger partial charge in [0.25, 0.3) is 0 Å². The number of hydrogen-bond donors (Lipinski definition) is 0. The lowest BCUT2D eigenvalue weighted by molar-refractivity contribution is 0.112. The lowest BCUT2D eigenvalue weighted by atomic mass is 10.1. The predicted octanol–water partition coefficient (Wildman–Crippen LogP) is 2.77. The maximum Gasteiger partial charge on any atom is 0.150 e. The van der Waals surface area contributed by atoms with E-state index in [1.807, 2.05) is 6.07 Å². The Morgan fingerprint density at radius 3 is 2.80 bits per heavy atom. The van der Waals surface area contributed by atoms with Crippen molar-refractivity contribution in [3.05, 3.63) is 42.2 Å². The van der Waals surface area contributed by atoms with E-state index >= 15 is 0 Å². The lowest BCUT2D eigenvalue weighted by Gasteiger charge is -2.04. The van der Waals surface area contributed by atoms with Gasteiger partial charge in [-0.2, -0.15) is 0 Å². The summed E-state index contributed by atoms with van der Waals surface area (Å²) in [6.07, 6.45) is 2.38. The molecular weight excluding hydrogens is 192 g/mol.